The van der Waals surface area contributed by atoms with Crippen molar-refractivity contribution < 1.29 is 9.72 Å². The average molecular weight is 364 g/mol. The molecule has 0 saturated heterocycles. The first-order valence-corrected chi connectivity index (χ1v) is 8.38. The summed E-state index contributed by atoms with van der Waals surface area (Å²) in [4.78, 5) is 27.2. The van der Waals surface area contributed by atoms with Crippen LogP contribution >= 0.6 is 11.3 Å². The summed E-state index contributed by atoms with van der Waals surface area (Å²) in [6.07, 6.45) is 0. The number of amides is 1. The number of nitriles is 1. The van der Waals surface area contributed by atoms with Gasteiger partial charge in [-0.25, -0.2) is 4.98 Å². The van der Waals surface area contributed by atoms with Gasteiger partial charge in [0.25, 0.3) is 11.6 Å². The molecule has 7 nitrogen and oxygen atoms in total. The molecule has 1 amide bonds. The molecule has 0 saturated carbocycles. The number of nitro benzene ring substituents is 1. The smallest absolute Gasteiger partial charge is 0.272 e. The number of carbonyl (C=O) groups excluding carboxylic acids is 1. The number of benzene rings is 2. The summed E-state index contributed by atoms with van der Waals surface area (Å²) in [7, 11) is 0. The van der Waals surface area contributed by atoms with Crippen LogP contribution < -0.4 is 5.32 Å². The molecule has 0 aliphatic carbocycles. The monoisotopic (exact) mass is 364 g/mol. The largest absolute Gasteiger partial charge is 0.298 e. The molecule has 0 radical (unpaired) electrons. The summed E-state index contributed by atoms with van der Waals surface area (Å²) >= 11 is 1.23. The van der Waals surface area contributed by atoms with Gasteiger partial charge in [0.1, 0.15) is 0 Å². The van der Waals surface area contributed by atoms with E-state index in [1.54, 1.807) is 48.7 Å². The molecule has 1 aromatic heterocycles. The SMILES string of the molecule is Cc1ccc(-c2csc(NC(=O)c3ccc(C#N)cc3)n2)cc1[N+](=O)[O-]. The average Bonchev–Trinajstić information content (AvgIpc) is 3.10. The fraction of sp³-hybridized carbons (Fsp3) is 0.0556. The third-order valence-corrected chi connectivity index (χ3v) is 4.46. The summed E-state index contributed by atoms with van der Waals surface area (Å²) in [6.45, 7) is 1.67. The van der Waals surface area contributed by atoms with Gasteiger partial charge < -0.3 is 0 Å². The fourth-order valence-electron chi connectivity index (χ4n) is 2.29. The summed E-state index contributed by atoms with van der Waals surface area (Å²) in [5.74, 6) is -0.342. The highest BCUT2D eigenvalue weighted by atomic mass is 32.1. The number of aryl methyl sites for hydroxylation is 1. The van der Waals surface area contributed by atoms with E-state index in [2.05, 4.69) is 10.3 Å². The normalized spacial score (nSPS) is 10.2. The van der Waals surface area contributed by atoms with E-state index in [0.29, 0.717) is 33.1 Å². The van der Waals surface area contributed by atoms with E-state index < -0.39 is 4.92 Å². The molecule has 0 aliphatic rings. The minimum Gasteiger partial charge on any atom is -0.298 e. The Hall–Kier alpha value is -3.57. The van der Waals surface area contributed by atoms with Crippen molar-refractivity contribution in [1.82, 2.24) is 4.98 Å². The molecule has 1 N–H and O–H groups in total. The number of anilines is 1. The first-order chi connectivity index (χ1) is 12.5. The van der Waals surface area contributed by atoms with E-state index in [1.165, 1.54) is 17.4 Å². The molecular formula is C18H12N4O3S. The van der Waals surface area contributed by atoms with Crippen molar-refractivity contribution in [2.75, 3.05) is 5.32 Å². The van der Waals surface area contributed by atoms with E-state index in [4.69, 9.17) is 5.26 Å². The Morgan fingerprint density at radius 1 is 1.27 bits per heavy atom. The third-order valence-electron chi connectivity index (χ3n) is 3.70. The summed E-state index contributed by atoms with van der Waals surface area (Å²) < 4.78 is 0. The number of thiazole rings is 1. The van der Waals surface area contributed by atoms with Gasteiger partial charge in [-0.15, -0.1) is 11.3 Å². The molecule has 1 heterocycles. The second-order valence-electron chi connectivity index (χ2n) is 5.44. The van der Waals surface area contributed by atoms with E-state index >= 15 is 0 Å². The van der Waals surface area contributed by atoms with E-state index in [9.17, 15) is 14.9 Å². The quantitative estimate of drug-likeness (QED) is 0.552. The Kier molecular flexibility index (Phi) is 4.73. The van der Waals surface area contributed by atoms with Crippen LogP contribution in [0.3, 0.4) is 0 Å². The molecule has 0 spiro atoms. The van der Waals surface area contributed by atoms with Crippen LogP contribution in [0.5, 0.6) is 0 Å². The van der Waals surface area contributed by atoms with Crippen LogP contribution in [0, 0.1) is 28.4 Å². The first-order valence-electron chi connectivity index (χ1n) is 7.50. The molecular weight excluding hydrogens is 352 g/mol. The summed E-state index contributed by atoms with van der Waals surface area (Å²) in [5, 5.41) is 24.7. The van der Waals surface area contributed by atoms with E-state index in [-0.39, 0.29) is 11.6 Å². The van der Waals surface area contributed by atoms with Crippen LogP contribution in [0.15, 0.2) is 47.8 Å². The van der Waals surface area contributed by atoms with E-state index in [1.807, 2.05) is 6.07 Å². The lowest BCUT2D eigenvalue weighted by Gasteiger charge is -2.02. The Morgan fingerprint density at radius 2 is 2.00 bits per heavy atom. The Labute approximate surface area is 152 Å². The summed E-state index contributed by atoms with van der Waals surface area (Å²) in [6, 6.07) is 13.1. The zero-order valence-electron chi connectivity index (χ0n) is 13.6. The van der Waals surface area contributed by atoms with Crippen LogP contribution in [0.4, 0.5) is 10.8 Å². The highest BCUT2D eigenvalue weighted by molar-refractivity contribution is 7.14. The molecule has 2 aromatic carbocycles. The van der Waals surface area contributed by atoms with Crippen molar-refractivity contribution in [2.24, 2.45) is 0 Å². The number of nitro groups is 1. The molecule has 3 aromatic rings. The van der Waals surface area contributed by atoms with Gasteiger partial charge >= 0.3 is 0 Å². The number of aromatic nitrogens is 1. The molecule has 0 fully saturated rings. The third kappa shape index (κ3) is 3.58. The maximum absolute atomic E-state index is 12.2. The fourth-order valence-corrected chi connectivity index (χ4v) is 3.01. The number of carbonyl (C=O) groups is 1. The Bertz CT molecular complexity index is 1040. The van der Waals surface area contributed by atoms with Crippen molar-refractivity contribution in [1.29, 1.82) is 5.26 Å². The van der Waals surface area contributed by atoms with Gasteiger partial charge in [0.2, 0.25) is 0 Å². The van der Waals surface area contributed by atoms with Crippen molar-refractivity contribution in [3.05, 3.63) is 74.6 Å². The van der Waals surface area contributed by atoms with Gasteiger partial charge in [0.05, 0.1) is 22.2 Å². The van der Waals surface area contributed by atoms with Gasteiger partial charge in [-0.3, -0.25) is 20.2 Å². The topological polar surface area (TPSA) is 109 Å². The lowest BCUT2D eigenvalue weighted by molar-refractivity contribution is -0.385. The summed E-state index contributed by atoms with van der Waals surface area (Å²) in [5.41, 5.74) is 2.64. The number of nitrogens with one attached hydrogen (secondary N) is 1. The predicted octanol–water partition coefficient (Wildman–Crippen LogP) is 4.15. The number of nitrogens with zero attached hydrogens (tertiary/aromatic N) is 3. The molecule has 0 bridgehead atoms. The van der Waals surface area contributed by atoms with Crippen LogP contribution in [0.2, 0.25) is 0 Å². The lowest BCUT2D eigenvalue weighted by Crippen LogP contribution is -2.11. The maximum atomic E-state index is 12.2. The zero-order valence-corrected chi connectivity index (χ0v) is 14.4. The molecule has 0 atom stereocenters. The molecule has 0 unspecified atom stereocenters. The van der Waals surface area contributed by atoms with Gasteiger partial charge in [-0.05, 0) is 31.2 Å². The van der Waals surface area contributed by atoms with Crippen LogP contribution in [0.1, 0.15) is 21.5 Å². The van der Waals surface area contributed by atoms with Gasteiger partial charge in [0, 0.05) is 28.1 Å². The predicted molar refractivity (Wildman–Crippen MR) is 98.1 cm³/mol. The molecule has 0 aliphatic heterocycles. The van der Waals surface area contributed by atoms with Gasteiger partial charge in [-0.2, -0.15) is 5.26 Å². The Morgan fingerprint density at radius 3 is 2.65 bits per heavy atom. The van der Waals surface area contributed by atoms with Gasteiger partial charge in [-0.1, -0.05) is 12.1 Å². The van der Waals surface area contributed by atoms with E-state index in [0.717, 1.165) is 0 Å². The minimum atomic E-state index is -0.432. The molecule has 3 rings (SSSR count). The van der Waals surface area contributed by atoms with Crippen molar-refractivity contribution in [3.8, 4) is 17.3 Å². The van der Waals surface area contributed by atoms with Crippen LogP contribution in [-0.2, 0) is 0 Å². The molecule has 128 valence electrons. The standard InChI is InChI=1S/C18H12N4O3S/c1-11-2-5-14(8-16(11)22(24)25)15-10-26-18(20-15)21-17(23)13-6-3-12(9-19)4-7-13/h2-8,10H,1H3,(H,20,21,23). The second-order valence-corrected chi connectivity index (χ2v) is 6.30. The zero-order chi connectivity index (χ0) is 18.7. The number of hydrogen-bond donors (Lipinski definition) is 1. The molecule has 8 heteroatoms. The lowest BCUT2D eigenvalue weighted by atomic mass is 10.1. The minimum absolute atomic E-state index is 0.0265. The van der Waals surface area contributed by atoms with Crippen molar-refractivity contribution >= 4 is 28.1 Å². The molecule has 26 heavy (non-hydrogen) atoms. The number of hydrogen-bond acceptors (Lipinski definition) is 6. The van der Waals surface area contributed by atoms with Gasteiger partial charge in [0.15, 0.2) is 5.13 Å². The second kappa shape index (κ2) is 7.13. The number of rotatable bonds is 4. The first kappa shape index (κ1) is 17.3. The maximum Gasteiger partial charge on any atom is 0.272 e. The highest BCUT2D eigenvalue weighted by Crippen LogP contribution is 2.29. The van der Waals surface area contributed by atoms with Crippen LogP contribution in [-0.4, -0.2) is 15.8 Å². The van der Waals surface area contributed by atoms with Crippen LogP contribution in [0.25, 0.3) is 11.3 Å². The van der Waals surface area contributed by atoms with Crippen molar-refractivity contribution in [2.45, 2.75) is 6.92 Å². The van der Waals surface area contributed by atoms with Crippen molar-refractivity contribution in [3.63, 3.8) is 0 Å². The Balaban J connectivity index is 1.79. The highest BCUT2D eigenvalue weighted by Gasteiger charge is 2.14.